The zero-order valence-corrected chi connectivity index (χ0v) is 11.6. The Balaban J connectivity index is 1.97. The molecule has 1 aromatic carbocycles. The van der Waals surface area contributed by atoms with E-state index in [4.69, 9.17) is 0 Å². The third-order valence-electron chi connectivity index (χ3n) is 3.00. The SMILES string of the molecule is Cc1cc(C)n([C@@H](C)CC(=O)Nc2ccccc2)n1. The number of amides is 1. The van der Waals surface area contributed by atoms with Gasteiger partial charge in [-0.3, -0.25) is 9.48 Å². The number of carbonyl (C=O) groups is 1. The van der Waals surface area contributed by atoms with E-state index in [1.165, 1.54) is 0 Å². The molecule has 1 heterocycles. The molecule has 0 aliphatic heterocycles. The third kappa shape index (κ3) is 3.44. The van der Waals surface area contributed by atoms with Crippen molar-refractivity contribution in [1.82, 2.24) is 9.78 Å². The number of para-hydroxylation sites is 1. The van der Waals surface area contributed by atoms with Crippen molar-refractivity contribution >= 4 is 11.6 Å². The molecule has 0 aliphatic carbocycles. The molecule has 0 unspecified atom stereocenters. The third-order valence-corrected chi connectivity index (χ3v) is 3.00. The van der Waals surface area contributed by atoms with E-state index in [1.807, 2.05) is 61.9 Å². The summed E-state index contributed by atoms with van der Waals surface area (Å²) >= 11 is 0. The lowest BCUT2D eigenvalue weighted by molar-refractivity contribution is -0.116. The van der Waals surface area contributed by atoms with Crippen molar-refractivity contribution in [2.24, 2.45) is 0 Å². The van der Waals surface area contributed by atoms with Gasteiger partial charge in [0.25, 0.3) is 0 Å². The Hall–Kier alpha value is -2.10. The molecule has 0 fully saturated rings. The van der Waals surface area contributed by atoms with Crippen LogP contribution in [-0.2, 0) is 4.79 Å². The van der Waals surface area contributed by atoms with E-state index in [9.17, 15) is 4.79 Å². The van der Waals surface area contributed by atoms with E-state index in [2.05, 4.69) is 10.4 Å². The summed E-state index contributed by atoms with van der Waals surface area (Å²) in [6.07, 6.45) is 0.414. The molecule has 0 bridgehead atoms. The van der Waals surface area contributed by atoms with Gasteiger partial charge in [-0.2, -0.15) is 5.10 Å². The zero-order chi connectivity index (χ0) is 13.8. The number of aromatic nitrogens is 2. The van der Waals surface area contributed by atoms with Gasteiger partial charge < -0.3 is 5.32 Å². The molecule has 19 heavy (non-hydrogen) atoms. The lowest BCUT2D eigenvalue weighted by Gasteiger charge is -2.14. The summed E-state index contributed by atoms with van der Waals surface area (Å²) in [4.78, 5) is 12.0. The minimum atomic E-state index is 0.00579. The van der Waals surface area contributed by atoms with E-state index >= 15 is 0 Å². The Morgan fingerprint density at radius 1 is 1.32 bits per heavy atom. The number of aryl methyl sites for hydroxylation is 2. The van der Waals surface area contributed by atoms with Gasteiger partial charge in [0.15, 0.2) is 0 Å². The van der Waals surface area contributed by atoms with Crippen molar-refractivity contribution in [3.05, 3.63) is 47.8 Å². The highest BCUT2D eigenvalue weighted by molar-refractivity contribution is 5.90. The highest BCUT2D eigenvalue weighted by Crippen LogP contribution is 2.15. The van der Waals surface area contributed by atoms with Crippen LogP contribution in [0.15, 0.2) is 36.4 Å². The van der Waals surface area contributed by atoms with Gasteiger partial charge in [0, 0.05) is 17.8 Å². The maximum Gasteiger partial charge on any atom is 0.226 e. The van der Waals surface area contributed by atoms with Crippen LogP contribution in [-0.4, -0.2) is 15.7 Å². The average Bonchev–Trinajstić information content (AvgIpc) is 2.69. The minimum absolute atomic E-state index is 0.00579. The summed E-state index contributed by atoms with van der Waals surface area (Å²) in [6, 6.07) is 11.6. The molecule has 0 saturated heterocycles. The van der Waals surface area contributed by atoms with E-state index in [0.717, 1.165) is 17.1 Å². The largest absolute Gasteiger partial charge is 0.326 e. The number of hydrogen-bond acceptors (Lipinski definition) is 2. The lowest BCUT2D eigenvalue weighted by atomic mass is 10.2. The quantitative estimate of drug-likeness (QED) is 0.915. The van der Waals surface area contributed by atoms with E-state index in [1.54, 1.807) is 0 Å². The van der Waals surface area contributed by atoms with Crippen molar-refractivity contribution in [2.75, 3.05) is 5.32 Å². The van der Waals surface area contributed by atoms with Crippen molar-refractivity contribution in [3.8, 4) is 0 Å². The number of carbonyl (C=O) groups excluding carboxylic acids is 1. The van der Waals surface area contributed by atoms with Crippen LogP contribution in [0.3, 0.4) is 0 Å². The molecule has 1 amide bonds. The molecule has 0 aliphatic rings. The van der Waals surface area contributed by atoms with Crippen LogP contribution in [0.5, 0.6) is 0 Å². The summed E-state index contributed by atoms with van der Waals surface area (Å²) in [7, 11) is 0. The number of benzene rings is 1. The molecule has 0 radical (unpaired) electrons. The first-order valence-electron chi connectivity index (χ1n) is 6.44. The van der Waals surface area contributed by atoms with Crippen LogP contribution in [0.2, 0.25) is 0 Å². The van der Waals surface area contributed by atoms with Crippen LogP contribution in [0, 0.1) is 13.8 Å². The van der Waals surface area contributed by atoms with E-state index < -0.39 is 0 Å². The molecular formula is C15H19N3O. The van der Waals surface area contributed by atoms with Gasteiger partial charge in [0.05, 0.1) is 11.7 Å². The molecular weight excluding hydrogens is 238 g/mol. The molecule has 1 aromatic heterocycles. The molecule has 2 rings (SSSR count). The Bertz CT molecular complexity index is 560. The molecule has 2 aromatic rings. The fourth-order valence-electron chi connectivity index (χ4n) is 2.18. The Morgan fingerprint density at radius 2 is 2.00 bits per heavy atom. The summed E-state index contributed by atoms with van der Waals surface area (Å²) in [5.41, 5.74) is 2.89. The van der Waals surface area contributed by atoms with Gasteiger partial charge in [-0.1, -0.05) is 18.2 Å². The van der Waals surface area contributed by atoms with Crippen LogP contribution >= 0.6 is 0 Å². The number of rotatable bonds is 4. The summed E-state index contributed by atoms with van der Waals surface area (Å²) in [5, 5.41) is 7.30. The van der Waals surface area contributed by atoms with Crippen LogP contribution < -0.4 is 5.32 Å². The summed E-state index contributed by atoms with van der Waals surface area (Å²) < 4.78 is 1.90. The van der Waals surface area contributed by atoms with E-state index in [0.29, 0.717) is 6.42 Å². The molecule has 0 saturated carbocycles. The molecule has 1 atom stereocenters. The maximum absolute atomic E-state index is 12.0. The molecule has 0 spiro atoms. The first-order valence-corrected chi connectivity index (χ1v) is 6.44. The van der Waals surface area contributed by atoms with Crippen molar-refractivity contribution < 1.29 is 4.79 Å². The van der Waals surface area contributed by atoms with Crippen molar-refractivity contribution in [3.63, 3.8) is 0 Å². The van der Waals surface area contributed by atoms with Gasteiger partial charge in [0.2, 0.25) is 5.91 Å². The fraction of sp³-hybridized carbons (Fsp3) is 0.333. The minimum Gasteiger partial charge on any atom is -0.326 e. The van der Waals surface area contributed by atoms with E-state index in [-0.39, 0.29) is 11.9 Å². The Morgan fingerprint density at radius 3 is 2.58 bits per heavy atom. The monoisotopic (exact) mass is 257 g/mol. The number of anilines is 1. The first-order chi connectivity index (χ1) is 9.06. The predicted octanol–water partition coefficient (Wildman–Crippen LogP) is 3.09. The fourth-order valence-corrected chi connectivity index (χ4v) is 2.18. The second-order valence-electron chi connectivity index (χ2n) is 4.84. The molecule has 100 valence electrons. The second kappa shape index (κ2) is 5.69. The molecule has 1 N–H and O–H groups in total. The Labute approximate surface area is 113 Å². The normalized spacial score (nSPS) is 12.2. The van der Waals surface area contributed by atoms with Crippen LogP contribution in [0.4, 0.5) is 5.69 Å². The van der Waals surface area contributed by atoms with Crippen molar-refractivity contribution in [2.45, 2.75) is 33.2 Å². The number of nitrogens with one attached hydrogen (secondary N) is 1. The van der Waals surface area contributed by atoms with Gasteiger partial charge in [-0.25, -0.2) is 0 Å². The van der Waals surface area contributed by atoms with Crippen molar-refractivity contribution in [1.29, 1.82) is 0 Å². The summed E-state index contributed by atoms with van der Waals surface area (Å²) in [6.45, 7) is 5.97. The Kier molecular flexibility index (Phi) is 4.00. The molecule has 4 heteroatoms. The second-order valence-corrected chi connectivity index (χ2v) is 4.84. The highest BCUT2D eigenvalue weighted by atomic mass is 16.1. The van der Waals surface area contributed by atoms with Gasteiger partial charge >= 0.3 is 0 Å². The van der Waals surface area contributed by atoms with Gasteiger partial charge in [0.1, 0.15) is 0 Å². The number of nitrogens with zero attached hydrogens (tertiary/aromatic N) is 2. The first kappa shape index (κ1) is 13.3. The predicted molar refractivity (Wildman–Crippen MR) is 76.1 cm³/mol. The summed E-state index contributed by atoms with van der Waals surface area (Å²) in [5.74, 6) is 0.00579. The highest BCUT2D eigenvalue weighted by Gasteiger charge is 2.13. The lowest BCUT2D eigenvalue weighted by Crippen LogP contribution is -2.19. The van der Waals surface area contributed by atoms with Gasteiger partial charge in [-0.05, 0) is 39.0 Å². The number of hydrogen-bond donors (Lipinski definition) is 1. The van der Waals surface area contributed by atoms with Crippen LogP contribution in [0.25, 0.3) is 0 Å². The van der Waals surface area contributed by atoms with Gasteiger partial charge in [-0.15, -0.1) is 0 Å². The standard InChI is InChI=1S/C15H19N3O/c1-11-9-12(2)18(17-11)13(3)10-15(19)16-14-7-5-4-6-8-14/h4-9,13H,10H2,1-3H3,(H,16,19)/t13-/m0/s1. The maximum atomic E-state index is 12.0. The van der Waals surface area contributed by atoms with Crippen LogP contribution in [0.1, 0.15) is 30.8 Å². The topological polar surface area (TPSA) is 46.9 Å². The zero-order valence-electron chi connectivity index (χ0n) is 11.6. The smallest absolute Gasteiger partial charge is 0.226 e. The molecule has 4 nitrogen and oxygen atoms in total. The average molecular weight is 257 g/mol.